The van der Waals surface area contributed by atoms with E-state index in [1.165, 1.54) is 24.5 Å². The number of morpholine rings is 1. The van der Waals surface area contributed by atoms with Crippen LogP contribution in [-0.2, 0) is 20.9 Å². The Balaban J connectivity index is 1.92. The highest BCUT2D eigenvalue weighted by molar-refractivity contribution is 7.21. The first-order chi connectivity index (χ1) is 12.0. The Morgan fingerprint density at radius 2 is 2.28 bits per heavy atom. The molecule has 0 saturated carbocycles. The summed E-state index contributed by atoms with van der Waals surface area (Å²) in [4.78, 5) is 25.8. The average molecular weight is 367 g/mol. The van der Waals surface area contributed by atoms with Crippen molar-refractivity contribution in [1.82, 2.24) is 4.90 Å². The molecule has 1 aromatic heterocycles. The van der Waals surface area contributed by atoms with Crippen molar-refractivity contribution in [2.75, 3.05) is 26.8 Å². The van der Waals surface area contributed by atoms with Crippen LogP contribution in [0.5, 0.6) is 0 Å². The predicted molar refractivity (Wildman–Crippen MR) is 90.4 cm³/mol. The number of ether oxygens (including phenoxy) is 2. The molecule has 2 aromatic rings. The van der Waals surface area contributed by atoms with Crippen molar-refractivity contribution in [3.8, 4) is 0 Å². The van der Waals surface area contributed by atoms with E-state index in [2.05, 4.69) is 0 Å². The topological polar surface area (TPSA) is 76.1 Å². The predicted octanol–water partition coefficient (Wildman–Crippen LogP) is 2.50. The molecule has 0 bridgehead atoms. The fraction of sp³-hybridized carbons (Fsp3) is 0.412. The Morgan fingerprint density at radius 1 is 1.48 bits per heavy atom. The number of benzene rings is 1. The van der Waals surface area contributed by atoms with Crippen LogP contribution in [0.3, 0.4) is 0 Å². The van der Waals surface area contributed by atoms with Crippen LogP contribution in [0.2, 0.25) is 0 Å². The molecule has 1 N–H and O–H groups in total. The van der Waals surface area contributed by atoms with Crippen molar-refractivity contribution in [1.29, 1.82) is 0 Å². The second kappa shape index (κ2) is 7.47. The number of rotatable bonds is 5. The van der Waals surface area contributed by atoms with Crippen LogP contribution in [0, 0.1) is 5.82 Å². The van der Waals surface area contributed by atoms with Gasteiger partial charge in [-0.1, -0.05) is 6.07 Å². The minimum atomic E-state index is -0.969. The van der Waals surface area contributed by atoms with Gasteiger partial charge in [-0.05, 0) is 12.1 Å². The lowest BCUT2D eigenvalue weighted by atomic mass is 10.1. The first kappa shape index (κ1) is 17.8. The molecule has 0 unspecified atom stereocenters. The van der Waals surface area contributed by atoms with E-state index in [1.54, 1.807) is 17.0 Å². The van der Waals surface area contributed by atoms with Crippen molar-refractivity contribution in [3.63, 3.8) is 0 Å². The largest absolute Gasteiger partial charge is 0.481 e. The molecule has 1 atom stereocenters. The first-order valence-corrected chi connectivity index (χ1v) is 8.64. The van der Waals surface area contributed by atoms with E-state index in [0.717, 1.165) is 0 Å². The van der Waals surface area contributed by atoms with Crippen LogP contribution < -0.4 is 0 Å². The zero-order valence-electron chi connectivity index (χ0n) is 13.7. The summed E-state index contributed by atoms with van der Waals surface area (Å²) in [6.45, 7) is 0.986. The van der Waals surface area contributed by atoms with E-state index in [4.69, 9.17) is 14.6 Å². The quantitative estimate of drug-likeness (QED) is 0.879. The summed E-state index contributed by atoms with van der Waals surface area (Å²) < 4.78 is 25.5. The molecule has 2 heterocycles. The van der Waals surface area contributed by atoms with Crippen LogP contribution >= 0.6 is 11.3 Å². The van der Waals surface area contributed by atoms with Gasteiger partial charge in [0.1, 0.15) is 5.82 Å². The number of carboxylic acids is 1. The summed E-state index contributed by atoms with van der Waals surface area (Å²) in [6, 6.07) is 4.74. The number of carbonyl (C=O) groups excluding carboxylic acids is 1. The molecule has 1 amide bonds. The highest BCUT2D eigenvalue weighted by Crippen LogP contribution is 2.34. The molecule has 0 aliphatic carbocycles. The number of halogens is 1. The zero-order valence-corrected chi connectivity index (χ0v) is 14.5. The number of carboxylic acid groups (broad SMARTS) is 1. The Kier molecular flexibility index (Phi) is 5.31. The Morgan fingerprint density at radius 3 is 3.00 bits per heavy atom. The van der Waals surface area contributed by atoms with E-state index in [0.29, 0.717) is 27.1 Å². The minimum Gasteiger partial charge on any atom is -0.481 e. The monoisotopic (exact) mass is 367 g/mol. The van der Waals surface area contributed by atoms with E-state index in [1.807, 2.05) is 0 Å². The minimum absolute atomic E-state index is 0.130. The second-order valence-electron chi connectivity index (χ2n) is 5.80. The number of carbonyl (C=O) groups is 2. The number of fused-ring (bicyclic) bond motifs is 1. The maximum absolute atomic E-state index is 14.2. The highest BCUT2D eigenvalue weighted by Gasteiger charge is 2.30. The molecule has 0 radical (unpaired) electrons. The van der Waals surface area contributed by atoms with Gasteiger partial charge in [-0.3, -0.25) is 9.59 Å². The molecule has 1 aliphatic rings. The number of methoxy groups -OCH3 is 1. The lowest BCUT2D eigenvalue weighted by Crippen LogP contribution is -2.46. The van der Waals surface area contributed by atoms with Crippen molar-refractivity contribution in [2.45, 2.75) is 19.1 Å². The summed E-state index contributed by atoms with van der Waals surface area (Å²) in [5.41, 5.74) is 0.534. The van der Waals surface area contributed by atoms with Gasteiger partial charge in [-0.25, -0.2) is 4.39 Å². The average Bonchev–Trinajstić information content (AvgIpc) is 2.94. The number of hydrogen-bond acceptors (Lipinski definition) is 5. The third-order valence-electron chi connectivity index (χ3n) is 4.07. The molecule has 1 saturated heterocycles. The molecule has 0 spiro atoms. The van der Waals surface area contributed by atoms with Gasteiger partial charge < -0.3 is 19.5 Å². The fourth-order valence-electron chi connectivity index (χ4n) is 2.99. The van der Waals surface area contributed by atoms with Crippen LogP contribution in [0.1, 0.15) is 21.7 Å². The summed E-state index contributed by atoms with van der Waals surface area (Å²) >= 11 is 1.23. The van der Waals surface area contributed by atoms with Crippen LogP contribution in [0.25, 0.3) is 10.1 Å². The van der Waals surface area contributed by atoms with Gasteiger partial charge in [-0.2, -0.15) is 0 Å². The molecular formula is C17H18FNO5S. The lowest BCUT2D eigenvalue weighted by molar-refractivity contribution is -0.141. The van der Waals surface area contributed by atoms with Gasteiger partial charge in [0.15, 0.2) is 0 Å². The smallest absolute Gasteiger partial charge is 0.306 e. The van der Waals surface area contributed by atoms with Crippen molar-refractivity contribution >= 4 is 33.3 Å². The summed E-state index contributed by atoms with van der Waals surface area (Å²) in [5.74, 6) is -1.60. The number of hydrogen-bond donors (Lipinski definition) is 1. The van der Waals surface area contributed by atoms with Crippen LogP contribution in [-0.4, -0.2) is 54.8 Å². The van der Waals surface area contributed by atoms with E-state index in [-0.39, 0.29) is 37.9 Å². The van der Waals surface area contributed by atoms with Crippen molar-refractivity contribution < 1.29 is 28.6 Å². The molecule has 134 valence electrons. The lowest BCUT2D eigenvalue weighted by Gasteiger charge is -2.32. The maximum Gasteiger partial charge on any atom is 0.306 e. The Bertz CT molecular complexity index is 806. The van der Waals surface area contributed by atoms with E-state index in [9.17, 15) is 14.0 Å². The second-order valence-corrected chi connectivity index (χ2v) is 6.85. The molecule has 1 aliphatic heterocycles. The number of nitrogens with zero attached hydrogens (tertiary/aromatic N) is 1. The number of aliphatic carboxylic acids is 1. The number of amides is 1. The van der Waals surface area contributed by atoms with Gasteiger partial charge in [0, 0.05) is 35.8 Å². The van der Waals surface area contributed by atoms with Crippen molar-refractivity contribution in [3.05, 3.63) is 34.5 Å². The molecule has 6 nitrogen and oxygen atoms in total. The normalized spacial score (nSPS) is 17.8. The van der Waals surface area contributed by atoms with Crippen LogP contribution in [0.15, 0.2) is 18.2 Å². The van der Waals surface area contributed by atoms with Gasteiger partial charge in [0.25, 0.3) is 5.91 Å². The van der Waals surface area contributed by atoms with Gasteiger partial charge in [0.2, 0.25) is 0 Å². The Labute approximate surface area is 147 Å². The van der Waals surface area contributed by atoms with Gasteiger partial charge in [-0.15, -0.1) is 11.3 Å². The molecule has 25 heavy (non-hydrogen) atoms. The molecular weight excluding hydrogens is 349 g/mol. The van der Waals surface area contributed by atoms with E-state index >= 15 is 0 Å². The molecule has 3 rings (SSSR count). The molecule has 8 heteroatoms. The summed E-state index contributed by atoms with van der Waals surface area (Å²) in [5, 5.41) is 9.32. The summed E-state index contributed by atoms with van der Waals surface area (Å²) in [7, 11) is 1.50. The van der Waals surface area contributed by atoms with Gasteiger partial charge in [0.05, 0.1) is 30.6 Å². The van der Waals surface area contributed by atoms with E-state index < -0.39 is 12.1 Å². The molecule has 1 fully saturated rings. The third kappa shape index (κ3) is 3.65. The SMILES string of the molecule is COCc1c(C(=O)N2CCO[C@H](CC(=O)O)C2)sc2cccc(F)c12. The maximum atomic E-state index is 14.2. The Hall–Kier alpha value is -2.03. The van der Waals surface area contributed by atoms with Gasteiger partial charge >= 0.3 is 5.97 Å². The fourth-order valence-corrected chi connectivity index (χ4v) is 4.18. The standard InChI is InChI=1S/C17H18FNO5S/c1-23-9-11-15-12(18)3-2-4-13(15)25-16(11)17(22)19-5-6-24-10(8-19)7-14(20)21/h2-4,10H,5-9H2,1H3,(H,20,21)/t10-/m1/s1. The summed E-state index contributed by atoms with van der Waals surface area (Å²) in [6.07, 6.45) is -0.692. The number of thiophene rings is 1. The van der Waals surface area contributed by atoms with Crippen molar-refractivity contribution in [2.24, 2.45) is 0 Å². The highest BCUT2D eigenvalue weighted by atomic mass is 32.1. The third-order valence-corrected chi connectivity index (χ3v) is 5.26. The molecule has 1 aromatic carbocycles. The first-order valence-electron chi connectivity index (χ1n) is 7.82. The zero-order chi connectivity index (χ0) is 18.0. The van der Waals surface area contributed by atoms with Crippen LogP contribution in [0.4, 0.5) is 4.39 Å².